The second-order valence-electron chi connectivity index (χ2n) is 5.60. The Morgan fingerprint density at radius 3 is 2.58 bits per heavy atom. The molecule has 5 nitrogen and oxygen atoms in total. The molecule has 0 fully saturated rings. The van der Waals surface area contributed by atoms with E-state index in [0.717, 1.165) is 5.69 Å². The molecule has 1 heterocycles. The van der Waals surface area contributed by atoms with Crippen molar-refractivity contribution in [2.24, 2.45) is 0 Å². The van der Waals surface area contributed by atoms with Crippen LogP contribution in [0.4, 0.5) is 21.7 Å². The number of anilines is 3. The van der Waals surface area contributed by atoms with E-state index in [0.29, 0.717) is 40.3 Å². The average molecular weight is 373 g/mol. The molecule has 0 radical (unpaired) electrons. The number of methoxy groups -OCH3 is 1. The molecule has 2 N–H and O–H groups in total. The quantitative estimate of drug-likeness (QED) is 0.641. The van der Waals surface area contributed by atoms with Crippen molar-refractivity contribution in [3.05, 3.63) is 70.8 Å². The van der Waals surface area contributed by atoms with E-state index in [4.69, 9.17) is 16.3 Å². The van der Waals surface area contributed by atoms with Crippen LogP contribution in [0.5, 0.6) is 5.75 Å². The Labute approximate surface area is 156 Å². The largest absolute Gasteiger partial charge is 0.495 e. The van der Waals surface area contributed by atoms with Crippen LogP contribution in [0, 0.1) is 12.7 Å². The first kappa shape index (κ1) is 17.9. The number of aryl methyl sites for hydroxylation is 1. The SMILES string of the molecule is COc1ccc(Nc2cc(NCc3ccccc3F)nc(C)n2)cc1Cl. The summed E-state index contributed by atoms with van der Waals surface area (Å²) in [7, 11) is 1.57. The lowest BCUT2D eigenvalue weighted by Gasteiger charge is -2.11. The van der Waals surface area contributed by atoms with Gasteiger partial charge in [0.1, 0.15) is 29.0 Å². The number of benzene rings is 2. The number of rotatable bonds is 6. The molecule has 0 saturated carbocycles. The maximum absolute atomic E-state index is 13.7. The highest BCUT2D eigenvalue weighted by Crippen LogP contribution is 2.28. The van der Waals surface area contributed by atoms with E-state index in [1.165, 1.54) is 6.07 Å². The molecule has 2 aromatic carbocycles. The minimum Gasteiger partial charge on any atom is -0.495 e. The standard InChI is InChI=1S/C19H18ClFN4O/c1-12-23-18(22-11-13-5-3-4-6-16(13)21)10-19(24-12)25-14-7-8-17(26-2)15(20)9-14/h3-10H,11H2,1-2H3,(H2,22,23,24,25). The van der Waals surface area contributed by atoms with Gasteiger partial charge in [-0.25, -0.2) is 14.4 Å². The van der Waals surface area contributed by atoms with E-state index in [9.17, 15) is 4.39 Å². The summed E-state index contributed by atoms with van der Waals surface area (Å²) in [6.45, 7) is 2.12. The van der Waals surface area contributed by atoms with Gasteiger partial charge in [0.05, 0.1) is 12.1 Å². The van der Waals surface area contributed by atoms with Gasteiger partial charge in [0.2, 0.25) is 0 Å². The van der Waals surface area contributed by atoms with E-state index >= 15 is 0 Å². The Morgan fingerprint density at radius 1 is 1.08 bits per heavy atom. The second kappa shape index (κ2) is 8.01. The molecular weight excluding hydrogens is 355 g/mol. The second-order valence-corrected chi connectivity index (χ2v) is 6.01. The Hall–Kier alpha value is -2.86. The zero-order valence-corrected chi connectivity index (χ0v) is 15.1. The summed E-state index contributed by atoms with van der Waals surface area (Å²) < 4.78 is 18.9. The number of aromatic nitrogens is 2. The maximum Gasteiger partial charge on any atom is 0.137 e. The predicted octanol–water partition coefficient (Wildman–Crippen LogP) is 4.94. The molecule has 7 heteroatoms. The molecule has 0 atom stereocenters. The van der Waals surface area contributed by atoms with Crippen LogP contribution in [0.15, 0.2) is 48.5 Å². The van der Waals surface area contributed by atoms with Crippen LogP contribution in [-0.2, 0) is 6.54 Å². The van der Waals surface area contributed by atoms with E-state index < -0.39 is 0 Å². The Kier molecular flexibility index (Phi) is 5.53. The first-order chi connectivity index (χ1) is 12.5. The molecule has 0 amide bonds. The van der Waals surface area contributed by atoms with Gasteiger partial charge in [-0.3, -0.25) is 0 Å². The zero-order chi connectivity index (χ0) is 18.5. The number of hydrogen-bond donors (Lipinski definition) is 2. The molecular formula is C19H18ClFN4O. The molecule has 0 aliphatic heterocycles. The number of hydrogen-bond acceptors (Lipinski definition) is 5. The van der Waals surface area contributed by atoms with Crippen molar-refractivity contribution in [3.63, 3.8) is 0 Å². The van der Waals surface area contributed by atoms with E-state index in [1.54, 1.807) is 50.4 Å². The molecule has 26 heavy (non-hydrogen) atoms. The number of halogens is 2. The zero-order valence-electron chi connectivity index (χ0n) is 14.4. The van der Waals surface area contributed by atoms with Crippen LogP contribution >= 0.6 is 11.6 Å². The number of nitrogens with zero attached hydrogens (tertiary/aromatic N) is 2. The average Bonchev–Trinajstić information content (AvgIpc) is 2.61. The van der Waals surface area contributed by atoms with E-state index in [2.05, 4.69) is 20.6 Å². The van der Waals surface area contributed by atoms with Crippen molar-refractivity contribution >= 4 is 28.9 Å². The van der Waals surface area contributed by atoms with Crippen LogP contribution in [0.3, 0.4) is 0 Å². The molecule has 3 rings (SSSR count). The first-order valence-electron chi connectivity index (χ1n) is 7.98. The Balaban J connectivity index is 1.75. The molecule has 0 spiro atoms. The third kappa shape index (κ3) is 4.40. The van der Waals surface area contributed by atoms with Gasteiger partial charge in [-0.2, -0.15) is 0 Å². The summed E-state index contributed by atoms with van der Waals surface area (Å²) in [6.07, 6.45) is 0. The van der Waals surface area contributed by atoms with Gasteiger partial charge in [0, 0.05) is 23.9 Å². The topological polar surface area (TPSA) is 59.1 Å². The van der Waals surface area contributed by atoms with Crippen LogP contribution in [0.2, 0.25) is 5.02 Å². The Bertz CT molecular complexity index is 920. The van der Waals surface area contributed by atoms with Crippen molar-refractivity contribution in [2.45, 2.75) is 13.5 Å². The highest BCUT2D eigenvalue weighted by Gasteiger charge is 2.06. The van der Waals surface area contributed by atoms with Gasteiger partial charge in [0.15, 0.2) is 0 Å². The smallest absolute Gasteiger partial charge is 0.137 e. The summed E-state index contributed by atoms with van der Waals surface area (Å²) >= 11 is 6.15. The third-order valence-corrected chi connectivity index (χ3v) is 3.98. The van der Waals surface area contributed by atoms with Gasteiger partial charge in [0.25, 0.3) is 0 Å². The molecule has 3 aromatic rings. The Morgan fingerprint density at radius 2 is 1.85 bits per heavy atom. The molecule has 0 unspecified atom stereocenters. The number of ether oxygens (including phenoxy) is 1. The van der Waals surface area contributed by atoms with Gasteiger partial charge >= 0.3 is 0 Å². The molecule has 1 aromatic heterocycles. The van der Waals surface area contributed by atoms with Gasteiger partial charge in [-0.15, -0.1) is 0 Å². The van der Waals surface area contributed by atoms with Gasteiger partial charge < -0.3 is 15.4 Å². The van der Waals surface area contributed by atoms with Crippen LogP contribution in [0.25, 0.3) is 0 Å². The van der Waals surface area contributed by atoms with Crippen LogP contribution in [0.1, 0.15) is 11.4 Å². The lowest BCUT2D eigenvalue weighted by atomic mass is 10.2. The monoisotopic (exact) mass is 372 g/mol. The van der Waals surface area contributed by atoms with Crippen LogP contribution in [-0.4, -0.2) is 17.1 Å². The first-order valence-corrected chi connectivity index (χ1v) is 8.36. The summed E-state index contributed by atoms with van der Waals surface area (Å²) in [5.41, 5.74) is 1.34. The number of nitrogens with one attached hydrogen (secondary N) is 2. The summed E-state index contributed by atoms with van der Waals surface area (Å²) in [5, 5.41) is 6.80. The summed E-state index contributed by atoms with van der Waals surface area (Å²) in [4.78, 5) is 8.70. The lowest BCUT2D eigenvalue weighted by molar-refractivity contribution is 0.415. The molecule has 0 aliphatic rings. The highest BCUT2D eigenvalue weighted by atomic mass is 35.5. The van der Waals surface area contributed by atoms with Gasteiger partial charge in [-0.05, 0) is 31.2 Å². The van der Waals surface area contributed by atoms with Crippen LogP contribution < -0.4 is 15.4 Å². The van der Waals surface area contributed by atoms with Crippen molar-refractivity contribution < 1.29 is 9.13 Å². The summed E-state index contributed by atoms with van der Waals surface area (Å²) in [5.74, 6) is 2.14. The molecule has 0 saturated heterocycles. The predicted molar refractivity (Wildman–Crippen MR) is 102 cm³/mol. The maximum atomic E-state index is 13.7. The van der Waals surface area contributed by atoms with Crippen molar-refractivity contribution in [1.29, 1.82) is 0 Å². The van der Waals surface area contributed by atoms with Crippen molar-refractivity contribution in [3.8, 4) is 5.75 Å². The van der Waals surface area contributed by atoms with Crippen molar-refractivity contribution in [2.75, 3.05) is 17.7 Å². The molecule has 0 aliphatic carbocycles. The summed E-state index contributed by atoms with van der Waals surface area (Å²) in [6, 6.07) is 13.7. The molecule has 0 bridgehead atoms. The minimum atomic E-state index is -0.253. The lowest BCUT2D eigenvalue weighted by Crippen LogP contribution is -2.06. The fourth-order valence-electron chi connectivity index (χ4n) is 2.44. The fourth-order valence-corrected chi connectivity index (χ4v) is 2.70. The van der Waals surface area contributed by atoms with E-state index in [-0.39, 0.29) is 5.82 Å². The highest BCUT2D eigenvalue weighted by molar-refractivity contribution is 6.32. The van der Waals surface area contributed by atoms with Crippen molar-refractivity contribution in [1.82, 2.24) is 9.97 Å². The van der Waals surface area contributed by atoms with Gasteiger partial charge in [-0.1, -0.05) is 29.8 Å². The van der Waals surface area contributed by atoms with E-state index in [1.807, 2.05) is 6.07 Å². The normalized spacial score (nSPS) is 10.5. The minimum absolute atomic E-state index is 0.253. The third-order valence-electron chi connectivity index (χ3n) is 3.68. The molecule has 134 valence electrons. The fraction of sp³-hybridized carbons (Fsp3) is 0.158.